The lowest BCUT2D eigenvalue weighted by molar-refractivity contribution is 0.590. The van der Waals surface area contributed by atoms with Gasteiger partial charge in [-0.25, -0.2) is 4.98 Å². The number of nitrogens with one attached hydrogen (secondary N) is 1. The summed E-state index contributed by atoms with van der Waals surface area (Å²) in [5.41, 5.74) is 3.63. The Morgan fingerprint density at radius 2 is 1.75 bits per heavy atom. The second-order valence-electron chi connectivity index (χ2n) is 7.82. The van der Waals surface area contributed by atoms with E-state index < -0.39 is 0 Å². The second kappa shape index (κ2) is 6.99. The Labute approximate surface area is 162 Å². The number of rotatable bonds is 4. The third kappa shape index (κ3) is 3.69. The topological polar surface area (TPSA) is 88.8 Å². The molecule has 0 aliphatic heterocycles. The molecule has 0 bridgehead atoms. The Kier molecular flexibility index (Phi) is 4.50. The van der Waals surface area contributed by atoms with Crippen molar-refractivity contribution in [2.24, 2.45) is 0 Å². The summed E-state index contributed by atoms with van der Waals surface area (Å²) in [6, 6.07) is 9.74. The van der Waals surface area contributed by atoms with Crippen LogP contribution < -0.4 is 5.56 Å². The van der Waals surface area contributed by atoms with Crippen molar-refractivity contribution in [1.82, 2.24) is 29.5 Å². The monoisotopic (exact) mass is 374 g/mol. The van der Waals surface area contributed by atoms with Gasteiger partial charge in [-0.2, -0.15) is 9.50 Å². The normalized spacial score (nSPS) is 11.8. The van der Waals surface area contributed by atoms with Gasteiger partial charge in [0.2, 0.25) is 0 Å². The number of hydrogen-bond acceptors (Lipinski definition) is 5. The van der Waals surface area contributed by atoms with Gasteiger partial charge >= 0.3 is 0 Å². The minimum Gasteiger partial charge on any atom is -0.271 e. The van der Waals surface area contributed by atoms with Crippen LogP contribution in [0.5, 0.6) is 0 Å². The first-order valence-corrected chi connectivity index (χ1v) is 9.25. The lowest BCUT2D eigenvalue weighted by Gasteiger charge is -2.18. The first-order chi connectivity index (χ1) is 13.4. The van der Waals surface area contributed by atoms with Crippen molar-refractivity contribution in [2.45, 2.75) is 39.0 Å². The summed E-state index contributed by atoms with van der Waals surface area (Å²) >= 11 is 0. The highest BCUT2D eigenvalue weighted by Crippen LogP contribution is 2.24. The molecule has 1 N–H and O–H groups in total. The maximum Gasteiger partial charge on any atom is 0.274 e. The van der Waals surface area contributed by atoms with E-state index in [2.05, 4.69) is 57.9 Å². The third-order valence-electron chi connectivity index (χ3n) is 4.66. The number of aromatic nitrogens is 6. The average molecular weight is 374 g/mol. The molecule has 4 rings (SSSR count). The molecule has 3 aromatic heterocycles. The van der Waals surface area contributed by atoms with Crippen molar-refractivity contribution >= 4 is 5.78 Å². The summed E-state index contributed by atoms with van der Waals surface area (Å²) in [5, 5.41) is 3.05. The van der Waals surface area contributed by atoms with Crippen LogP contribution >= 0.6 is 0 Å². The van der Waals surface area contributed by atoms with E-state index >= 15 is 0 Å². The molecular formula is C21H22N6O. The predicted molar refractivity (Wildman–Crippen MR) is 107 cm³/mol. The summed E-state index contributed by atoms with van der Waals surface area (Å²) in [6.07, 6.45) is 6.29. The molecule has 1 aromatic carbocycles. The van der Waals surface area contributed by atoms with Gasteiger partial charge < -0.3 is 0 Å². The van der Waals surface area contributed by atoms with Crippen LogP contribution in [0.4, 0.5) is 0 Å². The number of hydrogen-bond donors (Lipinski definition) is 1. The fraction of sp³-hybridized carbons (Fsp3) is 0.286. The zero-order chi connectivity index (χ0) is 19.7. The smallest absolute Gasteiger partial charge is 0.271 e. The Hall–Kier alpha value is -3.35. The maximum absolute atomic E-state index is 12.5. The molecule has 0 unspecified atom stereocenters. The number of H-pyrrole nitrogens is 1. The fourth-order valence-electron chi connectivity index (χ4n) is 3.03. The number of fused-ring (bicyclic) bond motifs is 1. The SMILES string of the molecule is CC(C)(C)c1ccc(-c2nc3nc(CCc4cnccn4)cc(=O)n3[nH]2)cc1. The van der Waals surface area contributed by atoms with Gasteiger partial charge in [-0.1, -0.05) is 45.0 Å². The molecule has 28 heavy (non-hydrogen) atoms. The lowest BCUT2D eigenvalue weighted by atomic mass is 9.87. The summed E-state index contributed by atoms with van der Waals surface area (Å²) in [6.45, 7) is 6.53. The minimum atomic E-state index is -0.177. The predicted octanol–water partition coefficient (Wildman–Crippen LogP) is 2.96. The van der Waals surface area contributed by atoms with Crippen LogP contribution in [0.2, 0.25) is 0 Å². The molecule has 0 radical (unpaired) electrons. The van der Waals surface area contributed by atoms with Gasteiger partial charge in [-0.05, 0) is 23.8 Å². The number of aryl methyl sites for hydroxylation is 2. The third-order valence-corrected chi connectivity index (χ3v) is 4.66. The Morgan fingerprint density at radius 1 is 1.00 bits per heavy atom. The first kappa shape index (κ1) is 18.0. The number of nitrogens with zero attached hydrogens (tertiary/aromatic N) is 5. The highest BCUT2D eigenvalue weighted by molar-refractivity contribution is 5.57. The molecule has 7 nitrogen and oxygen atoms in total. The molecule has 7 heteroatoms. The number of benzene rings is 1. The van der Waals surface area contributed by atoms with Crippen molar-refractivity contribution < 1.29 is 0 Å². The Bertz CT molecular complexity index is 1150. The largest absolute Gasteiger partial charge is 0.274 e. The quantitative estimate of drug-likeness (QED) is 0.593. The van der Waals surface area contributed by atoms with E-state index in [-0.39, 0.29) is 11.0 Å². The van der Waals surface area contributed by atoms with E-state index in [0.717, 1.165) is 11.3 Å². The fourth-order valence-corrected chi connectivity index (χ4v) is 3.03. The molecule has 0 saturated heterocycles. The summed E-state index contributed by atoms with van der Waals surface area (Å²) in [4.78, 5) is 29.8. The standard InChI is InChI=1S/C21H22N6O/c1-21(2,3)15-6-4-14(5-7-15)19-25-20-24-16(12-18(28)27(20)26-19)8-9-17-13-22-10-11-23-17/h4-7,10-13H,8-9H2,1-3H3,(H,24,25,26). The first-order valence-electron chi connectivity index (χ1n) is 9.25. The van der Waals surface area contributed by atoms with Crippen molar-refractivity contribution in [1.29, 1.82) is 0 Å². The van der Waals surface area contributed by atoms with Crippen molar-refractivity contribution in [3.05, 3.63) is 76.2 Å². The van der Waals surface area contributed by atoms with Gasteiger partial charge in [-0.15, -0.1) is 0 Å². The lowest BCUT2D eigenvalue weighted by Crippen LogP contribution is -2.16. The molecule has 0 aliphatic carbocycles. The van der Waals surface area contributed by atoms with E-state index in [1.54, 1.807) is 18.6 Å². The molecule has 142 valence electrons. The molecule has 0 atom stereocenters. The Balaban J connectivity index is 1.62. The van der Waals surface area contributed by atoms with Crippen LogP contribution in [-0.4, -0.2) is 29.5 Å². The molecule has 0 spiro atoms. The van der Waals surface area contributed by atoms with Crippen molar-refractivity contribution in [3.63, 3.8) is 0 Å². The Morgan fingerprint density at radius 3 is 2.43 bits per heavy atom. The highest BCUT2D eigenvalue weighted by atomic mass is 16.1. The molecule has 4 aromatic rings. The molecule has 0 amide bonds. The van der Waals surface area contributed by atoms with Crippen molar-refractivity contribution in [2.75, 3.05) is 0 Å². The van der Waals surface area contributed by atoms with Gasteiger partial charge in [0.15, 0.2) is 5.82 Å². The van der Waals surface area contributed by atoms with Gasteiger partial charge in [0.1, 0.15) is 0 Å². The van der Waals surface area contributed by atoms with E-state index in [1.165, 1.54) is 16.1 Å². The van der Waals surface area contributed by atoms with Crippen molar-refractivity contribution in [3.8, 4) is 11.4 Å². The zero-order valence-electron chi connectivity index (χ0n) is 16.2. The van der Waals surface area contributed by atoms with E-state index in [4.69, 9.17) is 0 Å². The molecule has 0 fully saturated rings. The molecule has 0 aliphatic rings. The highest BCUT2D eigenvalue weighted by Gasteiger charge is 2.14. The van der Waals surface area contributed by atoms with Crippen LogP contribution in [0, 0.1) is 0 Å². The minimum absolute atomic E-state index is 0.0862. The maximum atomic E-state index is 12.5. The van der Waals surface area contributed by atoms with Crippen LogP contribution in [-0.2, 0) is 18.3 Å². The van der Waals surface area contributed by atoms with Crippen LogP contribution in [0.15, 0.2) is 53.7 Å². The van der Waals surface area contributed by atoms with E-state index in [1.807, 2.05) is 12.1 Å². The van der Waals surface area contributed by atoms with Crippen LogP contribution in [0.3, 0.4) is 0 Å². The summed E-state index contributed by atoms with van der Waals surface area (Å²) in [7, 11) is 0. The molecule has 3 heterocycles. The van der Waals surface area contributed by atoms with Gasteiger partial charge in [0, 0.05) is 30.2 Å². The van der Waals surface area contributed by atoms with Gasteiger partial charge in [-0.3, -0.25) is 19.9 Å². The zero-order valence-corrected chi connectivity index (χ0v) is 16.2. The summed E-state index contributed by atoms with van der Waals surface area (Å²) in [5.74, 6) is 0.993. The molecule has 0 saturated carbocycles. The van der Waals surface area contributed by atoms with Crippen LogP contribution in [0.1, 0.15) is 37.7 Å². The van der Waals surface area contributed by atoms with Gasteiger partial charge in [0.25, 0.3) is 11.3 Å². The number of aromatic amines is 1. The summed E-state index contributed by atoms with van der Waals surface area (Å²) < 4.78 is 1.37. The molecular weight excluding hydrogens is 352 g/mol. The van der Waals surface area contributed by atoms with Crippen LogP contribution in [0.25, 0.3) is 17.2 Å². The average Bonchev–Trinajstić information content (AvgIpc) is 3.11. The second-order valence-corrected chi connectivity index (χ2v) is 7.82. The van der Waals surface area contributed by atoms with Gasteiger partial charge in [0.05, 0.1) is 11.4 Å². The van der Waals surface area contributed by atoms with E-state index in [0.29, 0.717) is 30.1 Å². The van der Waals surface area contributed by atoms with E-state index in [9.17, 15) is 4.79 Å².